The van der Waals surface area contributed by atoms with E-state index < -0.39 is 56.4 Å². The SMILES string of the molecule is Cc1ccc2ccccc2c1CN(Cc1ccc(-c2cc(F)c(CO)c(S(=O)(=O)CC(=O)O)c2)cc1)Cc1ccc(C(F)(F)F)o1. The fraction of sp³-hybridized carbons (Fsp3) is 0.206. The molecule has 2 N–H and O–H groups in total. The van der Waals surface area contributed by atoms with Gasteiger partial charge in [0.05, 0.1) is 18.0 Å². The largest absolute Gasteiger partial charge is 0.480 e. The Morgan fingerprint density at radius 1 is 0.870 bits per heavy atom. The number of rotatable bonds is 11. The number of aliphatic hydroxyl groups excluding tert-OH is 1. The molecule has 0 spiro atoms. The summed E-state index contributed by atoms with van der Waals surface area (Å²) in [4.78, 5) is 12.4. The molecular formula is C34H29F4NO6S. The number of aliphatic hydroxyl groups is 1. The zero-order chi connectivity index (χ0) is 33.2. The number of carboxylic acids is 1. The van der Waals surface area contributed by atoms with Crippen molar-refractivity contribution in [2.45, 2.75) is 44.2 Å². The normalized spacial score (nSPS) is 12.2. The number of hydrogen-bond acceptors (Lipinski definition) is 6. The summed E-state index contributed by atoms with van der Waals surface area (Å²) in [7, 11) is -4.45. The molecule has 0 atom stereocenters. The van der Waals surface area contributed by atoms with Crippen LogP contribution < -0.4 is 0 Å². The van der Waals surface area contributed by atoms with E-state index in [1.54, 1.807) is 24.3 Å². The third-order valence-electron chi connectivity index (χ3n) is 7.63. The molecule has 4 aromatic carbocycles. The van der Waals surface area contributed by atoms with Crippen LogP contribution >= 0.6 is 0 Å². The van der Waals surface area contributed by atoms with Gasteiger partial charge in [-0.15, -0.1) is 0 Å². The van der Waals surface area contributed by atoms with Gasteiger partial charge in [-0.05, 0) is 69.8 Å². The molecule has 0 radical (unpaired) electrons. The summed E-state index contributed by atoms with van der Waals surface area (Å²) in [6.07, 6.45) is -4.62. The van der Waals surface area contributed by atoms with Crippen LogP contribution in [0.4, 0.5) is 17.6 Å². The van der Waals surface area contributed by atoms with Crippen molar-refractivity contribution >= 4 is 26.6 Å². The molecule has 0 fully saturated rings. The van der Waals surface area contributed by atoms with Crippen molar-refractivity contribution in [2.75, 3.05) is 5.75 Å². The molecule has 1 heterocycles. The van der Waals surface area contributed by atoms with Crippen LogP contribution in [-0.4, -0.2) is 35.3 Å². The van der Waals surface area contributed by atoms with E-state index in [1.807, 2.05) is 48.2 Å². The van der Waals surface area contributed by atoms with Crippen molar-refractivity contribution in [3.05, 3.63) is 125 Å². The number of furan rings is 1. The molecule has 5 aromatic rings. The van der Waals surface area contributed by atoms with E-state index in [9.17, 15) is 35.9 Å². The fourth-order valence-electron chi connectivity index (χ4n) is 5.39. The number of alkyl halides is 3. The number of benzene rings is 4. The lowest BCUT2D eigenvalue weighted by Crippen LogP contribution is -2.23. The predicted molar refractivity (Wildman–Crippen MR) is 163 cm³/mol. The van der Waals surface area contributed by atoms with Gasteiger partial charge in [0.2, 0.25) is 5.76 Å². The van der Waals surface area contributed by atoms with E-state index in [-0.39, 0.29) is 17.9 Å². The third kappa shape index (κ3) is 7.30. The first-order valence-corrected chi connectivity index (χ1v) is 15.7. The Kier molecular flexibility index (Phi) is 9.34. The molecule has 0 saturated carbocycles. The van der Waals surface area contributed by atoms with E-state index in [0.29, 0.717) is 18.7 Å². The van der Waals surface area contributed by atoms with E-state index in [4.69, 9.17) is 9.52 Å². The van der Waals surface area contributed by atoms with E-state index >= 15 is 0 Å². The minimum Gasteiger partial charge on any atom is -0.480 e. The Bertz CT molecular complexity index is 2000. The number of aryl methyl sites for hydroxylation is 1. The van der Waals surface area contributed by atoms with E-state index in [1.165, 1.54) is 6.07 Å². The number of nitrogens with zero attached hydrogens (tertiary/aromatic N) is 1. The van der Waals surface area contributed by atoms with Crippen molar-refractivity contribution in [1.82, 2.24) is 4.90 Å². The summed E-state index contributed by atoms with van der Waals surface area (Å²) in [6, 6.07) is 22.9. The Morgan fingerprint density at radius 2 is 1.59 bits per heavy atom. The van der Waals surface area contributed by atoms with Crippen LogP contribution in [-0.2, 0) is 47.0 Å². The number of halogens is 4. The van der Waals surface area contributed by atoms with Crippen LogP contribution in [0.25, 0.3) is 21.9 Å². The van der Waals surface area contributed by atoms with Gasteiger partial charge >= 0.3 is 12.1 Å². The maximum Gasteiger partial charge on any atom is 0.449 e. The summed E-state index contributed by atoms with van der Waals surface area (Å²) in [6.45, 7) is 1.77. The molecule has 0 aliphatic heterocycles. The summed E-state index contributed by atoms with van der Waals surface area (Å²) in [5, 5.41) is 20.7. The highest BCUT2D eigenvalue weighted by Gasteiger charge is 2.35. The smallest absolute Gasteiger partial charge is 0.449 e. The number of carboxylic acid groups (broad SMARTS) is 1. The molecule has 0 unspecified atom stereocenters. The van der Waals surface area contributed by atoms with Crippen LogP contribution in [0.15, 0.2) is 94.2 Å². The first kappa shape index (κ1) is 32.9. The lowest BCUT2D eigenvalue weighted by atomic mass is 9.98. The van der Waals surface area contributed by atoms with Crippen LogP contribution in [0.2, 0.25) is 0 Å². The maximum atomic E-state index is 14.9. The summed E-state index contributed by atoms with van der Waals surface area (Å²) >= 11 is 0. The van der Waals surface area contributed by atoms with Crippen molar-refractivity contribution in [1.29, 1.82) is 0 Å². The molecule has 1 aromatic heterocycles. The van der Waals surface area contributed by atoms with Crippen molar-refractivity contribution < 1.29 is 45.4 Å². The van der Waals surface area contributed by atoms with Crippen LogP contribution in [0, 0.1) is 12.7 Å². The van der Waals surface area contributed by atoms with Gasteiger partial charge in [-0.25, -0.2) is 12.8 Å². The zero-order valence-corrected chi connectivity index (χ0v) is 25.3. The van der Waals surface area contributed by atoms with Crippen LogP contribution in [0.5, 0.6) is 0 Å². The van der Waals surface area contributed by atoms with E-state index in [2.05, 4.69) is 0 Å². The Morgan fingerprint density at radius 3 is 2.24 bits per heavy atom. The second kappa shape index (κ2) is 13.1. The van der Waals surface area contributed by atoms with Crippen molar-refractivity contribution in [3.63, 3.8) is 0 Å². The van der Waals surface area contributed by atoms with Crippen LogP contribution in [0.3, 0.4) is 0 Å². The highest BCUT2D eigenvalue weighted by Crippen LogP contribution is 2.33. The topological polar surface area (TPSA) is 108 Å². The first-order valence-electron chi connectivity index (χ1n) is 14.1. The van der Waals surface area contributed by atoms with Gasteiger partial charge < -0.3 is 14.6 Å². The van der Waals surface area contributed by atoms with Gasteiger partial charge in [-0.3, -0.25) is 9.69 Å². The second-order valence-corrected chi connectivity index (χ2v) is 12.9. The fourth-order valence-corrected chi connectivity index (χ4v) is 6.72. The molecule has 0 saturated heterocycles. The predicted octanol–water partition coefficient (Wildman–Crippen LogP) is 7.12. The number of fused-ring (bicyclic) bond motifs is 1. The highest BCUT2D eigenvalue weighted by atomic mass is 32.2. The Balaban J connectivity index is 1.47. The minimum absolute atomic E-state index is 0.0686. The quantitative estimate of drug-likeness (QED) is 0.146. The van der Waals surface area contributed by atoms with Gasteiger partial charge in [-0.2, -0.15) is 13.2 Å². The number of hydrogen-bond donors (Lipinski definition) is 2. The number of aliphatic carboxylic acids is 1. The summed E-state index contributed by atoms with van der Waals surface area (Å²) in [5.41, 5.74) is 2.84. The molecule has 0 aliphatic carbocycles. The maximum absolute atomic E-state index is 14.9. The Labute approximate surface area is 262 Å². The van der Waals surface area contributed by atoms with Gasteiger partial charge in [0, 0.05) is 18.7 Å². The van der Waals surface area contributed by atoms with Crippen LogP contribution in [0.1, 0.15) is 33.8 Å². The second-order valence-electron chi connectivity index (χ2n) is 10.9. The molecule has 46 heavy (non-hydrogen) atoms. The molecular weight excluding hydrogens is 626 g/mol. The average Bonchev–Trinajstić information content (AvgIpc) is 3.47. The lowest BCUT2D eigenvalue weighted by Gasteiger charge is -2.24. The number of carbonyl (C=O) groups is 1. The van der Waals surface area contributed by atoms with Gasteiger partial charge in [0.15, 0.2) is 15.6 Å². The summed E-state index contributed by atoms with van der Waals surface area (Å²) in [5.74, 6) is -4.84. The molecule has 240 valence electrons. The Hall–Kier alpha value is -4.52. The standard InChI is InChI=1S/C34H29F4NO6S/c1-21-6-9-24-4-2-3-5-27(24)28(21)18-39(17-26-12-13-32(45-26)34(36,37)38)16-22-7-10-23(11-8-22)25-14-30(35)29(19-40)31(15-25)46(43,44)20-33(41)42/h2-15,40H,16-20H2,1H3,(H,41,42). The van der Waals surface area contributed by atoms with Gasteiger partial charge in [0.1, 0.15) is 11.6 Å². The van der Waals surface area contributed by atoms with Crippen molar-refractivity contribution in [2.24, 2.45) is 0 Å². The minimum atomic E-state index is -4.62. The molecule has 0 amide bonds. The van der Waals surface area contributed by atoms with E-state index in [0.717, 1.165) is 45.7 Å². The first-order chi connectivity index (χ1) is 21.7. The molecule has 5 rings (SSSR count). The van der Waals surface area contributed by atoms with Crippen molar-refractivity contribution in [3.8, 4) is 11.1 Å². The molecule has 0 aliphatic rings. The lowest BCUT2D eigenvalue weighted by molar-refractivity contribution is -0.153. The number of sulfone groups is 1. The highest BCUT2D eigenvalue weighted by molar-refractivity contribution is 7.92. The zero-order valence-electron chi connectivity index (χ0n) is 24.5. The summed E-state index contributed by atoms with van der Waals surface area (Å²) < 4.78 is 85.1. The average molecular weight is 656 g/mol. The molecule has 0 bridgehead atoms. The van der Waals surface area contributed by atoms with Gasteiger partial charge in [-0.1, -0.05) is 60.7 Å². The third-order valence-corrected chi connectivity index (χ3v) is 9.29. The van der Waals surface area contributed by atoms with Gasteiger partial charge in [0.25, 0.3) is 0 Å². The molecule has 12 heteroatoms. The molecule has 7 nitrogen and oxygen atoms in total. The monoisotopic (exact) mass is 655 g/mol.